The second-order valence-electron chi connectivity index (χ2n) is 14.2. The van der Waals surface area contributed by atoms with Crippen LogP contribution in [-0.4, -0.2) is 14.5 Å². The molecule has 0 aliphatic heterocycles. The quantitative estimate of drug-likeness (QED) is 0.167. The molecule has 0 fully saturated rings. The van der Waals surface area contributed by atoms with Gasteiger partial charge in [-0.1, -0.05) is 170 Å². The molecule has 0 unspecified atom stereocenters. The van der Waals surface area contributed by atoms with E-state index in [4.69, 9.17) is 9.97 Å². The summed E-state index contributed by atoms with van der Waals surface area (Å²) in [6.07, 6.45) is 1.90. The van der Waals surface area contributed by atoms with Crippen LogP contribution < -0.4 is 0 Å². The first-order valence-corrected chi connectivity index (χ1v) is 18.7. The summed E-state index contributed by atoms with van der Waals surface area (Å²) in [6.45, 7) is 0. The van der Waals surface area contributed by atoms with Crippen LogP contribution in [0.5, 0.6) is 0 Å². The lowest BCUT2D eigenvalue weighted by atomic mass is 9.97. The van der Waals surface area contributed by atoms with Crippen LogP contribution in [0.25, 0.3) is 105 Å². The number of para-hydroxylation sites is 2. The third-order valence-corrected chi connectivity index (χ3v) is 11.1. The van der Waals surface area contributed by atoms with Crippen LogP contribution in [0.3, 0.4) is 0 Å². The Labute approximate surface area is 318 Å². The van der Waals surface area contributed by atoms with Gasteiger partial charge in [0.1, 0.15) is 0 Å². The minimum Gasteiger partial charge on any atom is -0.309 e. The molecule has 3 nitrogen and oxygen atoms in total. The molecule has 256 valence electrons. The largest absolute Gasteiger partial charge is 0.309 e. The second-order valence-corrected chi connectivity index (χ2v) is 14.2. The molecule has 0 bridgehead atoms. The maximum Gasteiger partial charge on any atom is 0.0979 e. The molecule has 55 heavy (non-hydrogen) atoms. The van der Waals surface area contributed by atoms with Crippen molar-refractivity contribution in [3.05, 3.63) is 200 Å². The maximum atomic E-state index is 5.17. The number of benzene rings is 9. The summed E-state index contributed by atoms with van der Waals surface area (Å²) in [5.74, 6) is 0. The Morgan fingerprint density at radius 3 is 1.35 bits per heavy atom. The van der Waals surface area contributed by atoms with Gasteiger partial charge in [-0.2, -0.15) is 0 Å². The molecule has 2 aromatic heterocycles. The highest BCUT2D eigenvalue weighted by Crippen LogP contribution is 2.37. The number of hydrogen-bond acceptors (Lipinski definition) is 2. The van der Waals surface area contributed by atoms with Gasteiger partial charge in [-0.05, 0) is 68.4 Å². The van der Waals surface area contributed by atoms with Crippen LogP contribution in [0.4, 0.5) is 0 Å². The van der Waals surface area contributed by atoms with Crippen LogP contribution in [0.2, 0.25) is 0 Å². The summed E-state index contributed by atoms with van der Waals surface area (Å²) in [4.78, 5) is 10.1. The predicted molar refractivity (Wildman–Crippen MR) is 231 cm³/mol. The molecule has 11 aromatic rings. The minimum absolute atomic E-state index is 0.872. The van der Waals surface area contributed by atoms with Crippen molar-refractivity contribution in [1.29, 1.82) is 0 Å². The van der Waals surface area contributed by atoms with Crippen molar-refractivity contribution in [1.82, 2.24) is 14.5 Å². The standard InChI is InChI=1S/C52H33N3/c1-2-10-41(11-3-1)55-49-17-9-8-14-44(49)45-31-30-40(32-50(45)55)38-24-22-36(23-25-38)34-18-20-35(21-19-34)37-26-28-39(29-27-37)48-33-53-51-46-15-6-4-12-42(46)43-13-5-7-16-47(43)52(51)54-48/h1-33H. The van der Waals surface area contributed by atoms with Crippen LogP contribution in [0.15, 0.2) is 200 Å². The highest BCUT2D eigenvalue weighted by atomic mass is 15.0. The number of aromatic nitrogens is 3. The molecule has 0 saturated heterocycles. The normalized spacial score (nSPS) is 11.6. The van der Waals surface area contributed by atoms with Gasteiger partial charge in [0.15, 0.2) is 0 Å². The SMILES string of the molecule is c1ccc(-n2c3ccccc3c3ccc(-c4ccc(-c5ccc(-c6ccc(-c7cnc8c9ccccc9c9ccccc9c8n7)cc6)cc5)cc4)cc32)cc1. The molecule has 0 spiro atoms. The lowest BCUT2D eigenvalue weighted by Gasteiger charge is -2.11. The second kappa shape index (κ2) is 12.6. The Morgan fingerprint density at radius 2 is 0.745 bits per heavy atom. The highest BCUT2D eigenvalue weighted by Gasteiger charge is 2.14. The van der Waals surface area contributed by atoms with Gasteiger partial charge in [-0.15, -0.1) is 0 Å². The van der Waals surface area contributed by atoms with Gasteiger partial charge in [0.25, 0.3) is 0 Å². The number of rotatable bonds is 5. The maximum absolute atomic E-state index is 5.17. The fraction of sp³-hybridized carbons (Fsp3) is 0. The van der Waals surface area contributed by atoms with Crippen molar-refractivity contribution < 1.29 is 0 Å². The summed E-state index contributed by atoms with van der Waals surface area (Å²) in [7, 11) is 0. The molecule has 9 aromatic carbocycles. The van der Waals surface area contributed by atoms with Crippen molar-refractivity contribution >= 4 is 54.4 Å². The van der Waals surface area contributed by atoms with E-state index in [2.05, 4.69) is 199 Å². The highest BCUT2D eigenvalue weighted by molar-refractivity contribution is 6.23. The number of nitrogens with zero attached hydrogens (tertiary/aromatic N) is 3. The summed E-state index contributed by atoms with van der Waals surface area (Å²) in [5.41, 5.74) is 14.5. The number of fused-ring (bicyclic) bond motifs is 9. The van der Waals surface area contributed by atoms with E-state index in [1.165, 1.54) is 71.6 Å². The Bertz CT molecular complexity index is 3180. The van der Waals surface area contributed by atoms with E-state index in [0.29, 0.717) is 0 Å². The topological polar surface area (TPSA) is 30.7 Å². The monoisotopic (exact) mass is 699 g/mol. The van der Waals surface area contributed by atoms with Crippen molar-refractivity contribution in [3.8, 4) is 50.3 Å². The first-order valence-electron chi connectivity index (χ1n) is 18.7. The van der Waals surface area contributed by atoms with E-state index in [1.54, 1.807) is 0 Å². The molecule has 0 N–H and O–H groups in total. The van der Waals surface area contributed by atoms with E-state index < -0.39 is 0 Å². The molecule has 3 heteroatoms. The van der Waals surface area contributed by atoms with Gasteiger partial charge in [0.05, 0.1) is 34.0 Å². The minimum atomic E-state index is 0.872. The fourth-order valence-corrected chi connectivity index (χ4v) is 8.31. The summed E-state index contributed by atoms with van der Waals surface area (Å²) >= 11 is 0. The van der Waals surface area contributed by atoms with Gasteiger partial charge in [-0.3, -0.25) is 4.98 Å². The van der Waals surface area contributed by atoms with Crippen molar-refractivity contribution in [3.63, 3.8) is 0 Å². The van der Waals surface area contributed by atoms with Gasteiger partial charge in [0, 0.05) is 32.8 Å². The Morgan fingerprint density at radius 1 is 0.309 bits per heavy atom. The Balaban J connectivity index is 0.865. The Kier molecular flexibility index (Phi) is 7.17. The summed E-state index contributed by atoms with van der Waals surface area (Å²) < 4.78 is 2.37. The molecule has 0 amide bonds. The molecule has 0 aliphatic rings. The van der Waals surface area contributed by atoms with E-state index in [0.717, 1.165) is 33.1 Å². The van der Waals surface area contributed by atoms with E-state index in [1.807, 2.05) is 6.20 Å². The van der Waals surface area contributed by atoms with Crippen LogP contribution in [-0.2, 0) is 0 Å². The van der Waals surface area contributed by atoms with Crippen LogP contribution in [0.1, 0.15) is 0 Å². The fourth-order valence-electron chi connectivity index (χ4n) is 8.31. The van der Waals surface area contributed by atoms with E-state index in [9.17, 15) is 0 Å². The van der Waals surface area contributed by atoms with Gasteiger partial charge < -0.3 is 4.57 Å². The third-order valence-electron chi connectivity index (χ3n) is 11.1. The third kappa shape index (κ3) is 5.20. The average Bonchev–Trinajstić information content (AvgIpc) is 3.60. The van der Waals surface area contributed by atoms with Crippen molar-refractivity contribution in [2.24, 2.45) is 0 Å². The number of hydrogen-bond donors (Lipinski definition) is 0. The lowest BCUT2D eigenvalue weighted by Crippen LogP contribution is -1.93. The molecule has 0 saturated carbocycles. The smallest absolute Gasteiger partial charge is 0.0979 e. The summed E-state index contributed by atoms with van der Waals surface area (Å²) in [5, 5.41) is 7.20. The zero-order valence-electron chi connectivity index (χ0n) is 29.9. The first kappa shape index (κ1) is 31.2. The molecule has 2 heterocycles. The van der Waals surface area contributed by atoms with E-state index >= 15 is 0 Å². The first-order chi connectivity index (χ1) is 27.3. The molecule has 0 aliphatic carbocycles. The predicted octanol–water partition coefficient (Wildman–Crippen LogP) is 13.7. The molecule has 0 radical (unpaired) electrons. The van der Waals surface area contributed by atoms with Crippen LogP contribution in [0, 0.1) is 0 Å². The van der Waals surface area contributed by atoms with Crippen molar-refractivity contribution in [2.75, 3.05) is 0 Å². The zero-order chi connectivity index (χ0) is 36.3. The Hall–Kier alpha value is -7.36. The lowest BCUT2D eigenvalue weighted by molar-refractivity contribution is 1.18. The van der Waals surface area contributed by atoms with E-state index in [-0.39, 0.29) is 0 Å². The van der Waals surface area contributed by atoms with Gasteiger partial charge in [0.2, 0.25) is 0 Å². The summed E-state index contributed by atoms with van der Waals surface area (Å²) in [6, 6.07) is 69.5. The van der Waals surface area contributed by atoms with Crippen molar-refractivity contribution in [2.45, 2.75) is 0 Å². The molecule has 11 rings (SSSR count). The zero-order valence-corrected chi connectivity index (χ0v) is 29.9. The van der Waals surface area contributed by atoms with Gasteiger partial charge in [-0.25, -0.2) is 4.98 Å². The average molecular weight is 700 g/mol. The van der Waals surface area contributed by atoms with Gasteiger partial charge >= 0.3 is 0 Å². The van der Waals surface area contributed by atoms with Crippen LogP contribution >= 0.6 is 0 Å². The molecule has 0 atom stereocenters. The molecular weight excluding hydrogens is 667 g/mol. The molecular formula is C52H33N3.